The van der Waals surface area contributed by atoms with Crippen LogP contribution in [0.15, 0.2) is 31.1 Å². The lowest BCUT2D eigenvalue weighted by molar-refractivity contribution is 0.0695. The van der Waals surface area contributed by atoms with Gasteiger partial charge in [0, 0.05) is 12.4 Å². The zero-order valence-electron chi connectivity index (χ0n) is 7.74. The van der Waals surface area contributed by atoms with Crippen LogP contribution in [0.2, 0.25) is 0 Å². The van der Waals surface area contributed by atoms with Gasteiger partial charge in [0.15, 0.2) is 0 Å². The van der Waals surface area contributed by atoms with Crippen molar-refractivity contribution in [1.82, 2.24) is 19.7 Å². The molecule has 76 valence electrons. The van der Waals surface area contributed by atoms with Gasteiger partial charge in [-0.2, -0.15) is 5.10 Å². The predicted octanol–water partition coefficient (Wildman–Crippen LogP) is 0.420. The largest absolute Gasteiger partial charge is 0.478 e. The number of hydrogen-bond acceptors (Lipinski definition) is 4. The molecular weight excluding hydrogens is 196 g/mol. The number of carboxylic acids is 1. The molecule has 0 bridgehead atoms. The van der Waals surface area contributed by atoms with E-state index in [0.717, 1.165) is 0 Å². The fraction of sp³-hybridized carbons (Fsp3) is 0.111. The van der Waals surface area contributed by atoms with E-state index in [2.05, 4.69) is 15.1 Å². The second-order valence-electron chi connectivity index (χ2n) is 2.93. The molecule has 0 saturated heterocycles. The van der Waals surface area contributed by atoms with Crippen molar-refractivity contribution in [3.8, 4) is 0 Å². The SMILES string of the molecule is O=C(O)c1cnccc1Cn1cncn1. The lowest BCUT2D eigenvalue weighted by Crippen LogP contribution is -2.07. The van der Waals surface area contributed by atoms with Gasteiger partial charge in [0.2, 0.25) is 0 Å². The number of rotatable bonds is 3. The van der Waals surface area contributed by atoms with Crippen molar-refractivity contribution in [3.05, 3.63) is 42.2 Å². The molecule has 0 saturated carbocycles. The molecule has 6 nitrogen and oxygen atoms in total. The molecule has 0 aliphatic rings. The van der Waals surface area contributed by atoms with Crippen molar-refractivity contribution < 1.29 is 9.90 Å². The fourth-order valence-electron chi connectivity index (χ4n) is 1.24. The predicted molar refractivity (Wildman–Crippen MR) is 50.3 cm³/mol. The zero-order valence-corrected chi connectivity index (χ0v) is 7.74. The van der Waals surface area contributed by atoms with Crippen LogP contribution in [-0.2, 0) is 6.54 Å². The Hall–Kier alpha value is -2.24. The van der Waals surface area contributed by atoms with E-state index in [4.69, 9.17) is 5.11 Å². The van der Waals surface area contributed by atoms with E-state index in [9.17, 15) is 4.79 Å². The number of aromatic carboxylic acids is 1. The molecule has 0 spiro atoms. The van der Waals surface area contributed by atoms with E-state index in [1.807, 2.05) is 0 Å². The van der Waals surface area contributed by atoms with E-state index in [0.29, 0.717) is 12.1 Å². The monoisotopic (exact) mass is 204 g/mol. The average molecular weight is 204 g/mol. The molecule has 0 amide bonds. The summed E-state index contributed by atoms with van der Waals surface area (Å²) in [6.07, 6.45) is 5.82. The van der Waals surface area contributed by atoms with E-state index >= 15 is 0 Å². The lowest BCUT2D eigenvalue weighted by Gasteiger charge is -2.04. The van der Waals surface area contributed by atoms with Gasteiger partial charge in [0.25, 0.3) is 0 Å². The third kappa shape index (κ3) is 1.98. The van der Waals surface area contributed by atoms with Crippen molar-refractivity contribution in [1.29, 1.82) is 0 Å². The molecule has 6 heteroatoms. The Bertz CT molecular complexity index is 467. The summed E-state index contributed by atoms with van der Waals surface area (Å²) in [6.45, 7) is 0.379. The van der Waals surface area contributed by atoms with Crippen LogP contribution in [0.5, 0.6) is 0 Å². The summed E-state index contributed by atoms with van der Waals surface area (Å²) in [5.41, 5.74) is 0.844. The van der Waals surface area contributed by atoms with Crippen molar-refractivity contribution in [2.24, 2.45) is 0 Å². The standard InChI is InChI=1S/C9H8N4O2/c14-9(15)8-3-10-2-1-7(8)4-13-6-11-5-12-13/h1-3,5-6H,4H2,(H,14,15). The van der Waals surface area contributed by atoms with E-state index in [1.165, 1.54) is 18.9 Å². The van der Waals surface area contributed by atoms with Gasteiger partial charge in [-0.1, -0.05) is 0 Å². The molecule has 0 aliphatic heterocycles. The summed E-state index contributed by atoms with van der Waals surface area (Å²) < 4.78 is 1.56. The first-order valence-electron chi connectivity index (χ1n) is 4.26. The molecule has 0 radical (unpaired) electrons. The normalized spacial score (nSPS) is 10.1. The van der Waals surface area contributed by atoms with Crippen LogP contribution in [0.25, 0.3) is 0 Å². The molecule has 0 fully saturated rings. The molecule has 2 heterocycles. The Morgan fingerprint density at radius 1 is 1.47 bits per heavy atom. The highest BCUT2D eigenvalue weighted by Crippen LogP contribution is 2.08. The Kier molecular flexibility index (Phi) is 2.40. The van der Waals surface area contributed by atoms with Crippen LogP contribution >= 0.6 is 0 Å². The number of carbonyl (C=O) groups is 1. The quantitative estimate of drug-likeness (QED) is 0.783. The first-order valence-corrected chi connectivity index (χ1v) is 4.26. The maximum atomic E-state index is 10.9. The van der Waals surface area contributed by atoms with Gasteiger partial charge in [-0.05, 0) is 11.6 Å². The first kappa shape index (κ1) is 9.32. The van der Waals surface area contributed by atoms with Gasteiger partial charge >= 0.3 is 5.97 Å². The number of aromatic nitrogens is 4. The van der Waals surface area contributed by atoms with E-state index in [1.54, 1.807) is 16.9 Å². The van der Waals surface area contributed by atoms with E-state index < -0.39 is 5.97 Å². The van der Waals surface area contributed by atoms with Crippen LogP contribution in [0, 0.1) is 0 Å². The molecule has 1 N–H and O–H groups in total. The second-order valence-corrected chi connectivity index (χ2v) is 2.93. The van der Waals surface area contributed by atoms with Crippen LogP contribution < -0.4 is 0 Å². The molecule has 2 aromatic rings. The smallest absolute Gasteiger partial charge is 0.337 e. The highest BCUT2D eigenvalue weighted by molar-refractivity contribution is 5.88. The summed E-state index contributed by atoms with van der Waals surface area (Å²) >= 11 is 0. The minimum Gasteiger partial charge on any atom is -0.478 e. The van der Waals surface area contributed by atoms with Crippen molar-refractivity contribution in [2.75, 3.05) is 0 Å². The van der Waals surface area contributed by atoms with Gasteiger partial charge in [-0.15, -0.1) is 0 Å². The molecule has 15 heavy (non-hydrogen) atoms. The summed E-state index contributed by atoms with van der Waals surface area (Å²) in [5.74, 6) is -0.988. The Balaban J connectivity index is 2.32. The van der Waals surface area contributed by atoms with Gasteiger partial charge in [0.1, 0.15) is 12.7 Å². The molecule has 0 aromatic carbocycles. The van der Waals surface area contributed by atoms with E-state index in [-0.39, 0.29) is 5.56 Å². The van der Waals surface area contributed by atoms with Gasteiger partial charge in [-0.3, -0.25) is 4.98 Å². The number of carboxylic acid groups (broad SMARTS) is 1. The number of hydrogen-bond donors (Lipinski definition) is 1. The van der Waals surface area contributed by atoms with Crippen LogP contribution in [0.1, 0.15) is 15.9 Å². The van der Waals surface area contributed by atoms with Crippen LogP contribution in [0.3, 0.4) is 0 Å². The van der Waals surface area contributed by atoms with Gasteiger partial charge in [-0.25, -0.2) is 14.5 Å². The Morgan fingerprint density at radius 3 is 3.00 bits per heavy atom. The Morgan fingerprint density at radius 2 is 2.33 bits per heavy atom. The zero-order chi connectivity index (χ0) is 10.7. The topological polar surface area (TPSA) is 80.9 Å². The van der Waals surface area contributed by atoms with Gasteiger partial charge in [0.05, 0.1) is 12.1 Å². The second kappa shape index (κ2) is 3.87. The lowest BCUT2D eigenvalue weighted by atomic mass is 10.1. The van der Waals surface area contributed by atoms with Gasteiger partial charge < -0.3 is 5.11 Å². The maximum absolute atomic E-state index is 10.9. The molecule has 0 unspecified atom stereocenters. The summed E-state index contributed by atoms with van der Waals surface area (Å²) in [5, 5.41) is 12.8. The molecule has 0 atom stereocenters. The first-order chi connectivity index (χ1) is 7.27. The molecule has 0 aliphatic carbocycles. The van der Waals surface area contributed by atoms with Crippen molar-refractivity contribution in [2.45, 2.75) is 6.54 Å². The average Bonchev–Trinajstić information content (AvgIpc) is 2.71. The summed E-state index contributed by atoms with van der Waals surface area (Å²) in [6, 6.07) is 1.66. The third-order valence-corrected chi connectivity index (χ3v) is 1.94. The highest BCUT2D eigenvalue weighted by Gasteiger charge is 2.09. The minimum absolute atomic E-state index is 0.188. The highest BCUT2D eigenvalue weighted by atomic mass is 16.4. The minimum atomic E-state index is -0.988. The molecular formula is C9H8N4O2. The molecule has 2 rings (SSSR count). The number of pyridine rings is 1. The molecule has 2 aromatic heterocycles. The van der Waals surface area contributed by atoms with Crippen LogP contribution in [-0.4, -0.2) is 30.8 Å². The maximum Gasteiger partial charge on any atom is 0.337 e. The third-order valence-electron chi connectivity index (χ3n) is 1.94. The van der Waals surface area contributed by atoms with Crippen LogP contribution in [0.4, 0.5) is 0 Å². The van der Waals surface area contributed by atoms with Crippen molar-refractivity contribution in [3.63, 3.8) is 0 Å². The number of nitrogens with zero attached hydrogens (tertiary/aromatic N) is 4. The van der Waals surface area contributed by atoms with Crippen molar-refractivity contribution >= 4 is 5.97 Å². The summed E-state index contributed by atoms with van der Waals surface area (Å²) in [7, 11) is 0. The fourth-order valence-corrected chi connectivity index (χ4v) is 1.24. The Labute approximate surface area is 85.2 Å². The summed E-state index contributed by atoms with van der Waals surface area (Å²) in [4.78, 5) is 18.4.